The number of amides is 1. The first-order valence-corrected chi connectivity index (χ1v) is 11.6. The molecule has 0 radical (unpaired) electrons. The smallest absolute Gasteiger partial charge is 0.254 e. The van der Waals surface area contributed by atoms with Crippen molar-refractivity contribution in [1.82, 2.24) is 4.90 Å². The lowest BCUT2D eigenvalue weighted by Crippen LogP contribution is -2.40. The van der Waals surface area contributed by atoms with Crippen LogP contribution in [0.4, 0.5) is 0 Å². The van der Waals surface area contributed by atoms with Gasteiger partial charge in [0.2, 0.25) is 0 Å². The highest BCUT2D eigenvalue weighted by Crippen LogP contribution is 2.24. The Morgan fingerprint density at radius 1 is 1.14 bits per heavy atom. The maximum Gasteiger partial charge on any atom is 0.254 e. The van der Waals surface area contributed by atoms with Crippen molar-refractivity contribution in [2.75, 3.05) is 25.2 Å². The summed E-state index contributed by atoms with van der Waals surface area (Å²) >= 11 is 0. The minimum Gasteiger partial charge on any atom is -0.497 e. The summed E-state index contributed by atoms with van der Waals surface area (Å²) in [5, 5.41) is 0. The molecule has 1 fully saturated rings. The number of benzene rings is 2. The lowest BCUT2D eigenvalue weighted by molar-refractivity contribution is 0.0680. The molecule has 0 aromatic heterocycles. The van der Waals surface area contributed by atoms with Gasteiger partial charge in [-0.05, 0) is 48.7 Å². The van der Waals surface area contributed by atoms with Gasteiger partial charge in [-0.2, -0.15) is 0 Å². The number of ether oxygens (including phenoxy) is 2. The van der Waals surface area contributed by atoms with Crippen molar-refractivity contribution >= 4 is 15.7 Å². The monoisotopic (exact) mass is 417 g/mol. The Bertz CT molecular complexity index is 940. The summed E-state index contributed by atoms with van der Waals surface area (Å²) in [5.74, 6) is 1.30. The molecule has 1 amide bonds. The van der Waals surface area contributed by atoms with Crippen molar-refractivity contribution in [3.05, 3.63) is 59.7 Å². The zero-order valence-corrected chi connectivity index (χ0v) is 17.7. The summed E-state index contributed by atoms with van der Waals surface area (Å²) < 4.78 is 34.9. The molecular weight excluding hydrogens is 390 g/mol. The Labute approximate surface area is 172 Å². The topological polar surface area (TPSA) is 72.9 Å². The van der Waals surface area contributed by atoms with Crippen LogP contribution in [-0.2, 0) is 16.4 Å². The van der Waals surface area contributed by atoms with E-state index < -0.39 is 9.84 Å². The molecule has 1 aliphatic rings. The first kappa shape index (κ1) is 21.2. The molecule has 0 saturated carbocycles. The van der Waals surface area contributed by atoms with Gasteiger partial charge in [-0.25, -0.2) is 8.42 Å². The molecule has 6 nitrogen and oxygen atoms in total. The molecule has 29 heavy (non-hydrogen) atoms. The Kier molecular flexibility index (Phi) is 6.79. The quantitative estimate of drug-likeness (QED) is 0.659. The molecule has 3 rings (SSSR count). The van der Waals surface area contributed by atoms with Crippen molar-refractivity contribution in [3.63, 3.8) is 0 Å². The lowest BCUT2D eigenvalue weighted by atomic mass is 10.1. The van der Waals surface area contributed by atoms with Gasteiger partial charge in [0.25, 0.3) is 5.91 Å². The maximum absolute atomic E-state index is 13.3. The molecule has 1 aliphatic heterocycles. The predicted octanol–water partition coefficient (Wildman–Crippen LogP) is 3.31. The van der Waals surface area contributed by atoms with E-state index in [9.17, 15) is 13.2 Å². The largest absolute Gasteiger partial charge is 0.497 e. The number of nitrogens with zero attached hydrogens (tertiary/aromatic N) is 1. The third-order valence-electron chi connectivity index (χ3n) is 4.98. The summed E-state index contributed by atoms with van der Waals surface area (Å²) in [5.41, 5.74) is 1.42. The van der Waals surface area contributed by atoms with E-state index >= 15 is 0 Å². The Morgan fingerprint density at radius 2 is 1.90 bits per heavy atom. The molecule has 1 atom stereocenters. The van der Waals surface area contributed by atoms with Gasteiger partial charge in [0.05, 0.1) is 25.2 Å². The Hall–Kier alpha value is -2.54. The standard InChI is InChI=1S/C22H27NO5S/c1-3-12-28-21-6-4-5-18(14-21)22(24)23(19-11-13-29(25,26)16-19)15-17-7-9-20(27-2)10-8-17/h4-10,14,19H,3,11-13,15-16H2,1-2H3. The molecule has 0 aliphatic carbocycles. The zero-order chi connectivity index (χ0) is 20.9. The number of hydrogen-bond donors (Lipinski definition) is 0. The van der Waals surface area contributed by atoms with Gasteiger partial charge >= 0.3 is 0 Å². The summed E-state index contributed by atoms with van der Waals surface area (Å²) in [6.07, 6.45) is 1.33. The van der Waals surface area contributed by atoms with Gasteiger partial charge < -0.3 is 14.4 Å². The Balaban J connectivity index is 1.86. The number of carbonyl (C=O) groups is 1. The van der Waals surface area contributed by atoms with Crippen LogP contribution in [0.5, 0.6) is 11.5 Å². The van der Waals surface area contributed by atoms with Crippen LogP contribution in [-0.4, -0.2) is 50.5 Å². The van der Waals surface area contributed by atoms with Crippen molar-refractivity contribution in [2.24, 2.45) is 0 Å². The number of methoxy groups -OCH3 is 1. The molecule has 2 aromatic rings. The fraction of sp³-hybridized carbons (Fsp3) is 0.409. The second-order valence-corrected chi connectivity index (χ2v) is 9.44. The average Bonchev–Trinajstić information content (AvgIpc) is 3.10. The van der Waals surface area contributed by atoms with Crippen LogP contribution >= 0.6 is 0 Å². The number of rotatable bonds is 8. The van der Waals surface area contributed by atoms with E-state index in [-0.39, 0.29) is 23.5 Å². The Morgan fingerprint density at radius 3 is 2.52 bits per heavy atom. The van der Waals surface area contributed by atoms with E-state index in [1.807, 2.05) is 37.3 Å². The zero-order valence-electron chi connectivity index (χ0n) is 16.8. The molecular formula is C22H27NO5S. The highest BCUT2D eigenvalue weighted by Gasteiger charge is 2.35. The molecule has 1 heterocycles. The van der Waals surface area contributed by atoms with Crippen LogP contribution in [0.2, 0.25) is 0 Å². The normalized spacial score (nSPS) is 17.7. The summed E-state index contributed by atoms with van der Waals surface area (Å²) in [6.45, 7) is 2.93. The van der Waals surface area contributed by atoms with Gasteiger partial charge in [-0.1, -0.05) is 25.1 Å². The first-order valence-electron chi connectivity index (χ1n) is 9.79. The van der Waals surface area contributed by atoms with E-state index in [4.69, 9.17) is 9.47 Å². The van der Waals surface area contributed by atoms with Gasteiger partial charge in [-0.3, -0.25) is 4.79 Å². The van der Waals surface area contributed by atoms with E-state index in [0.29, 0.717) is 30.9 Å². The summed E-state index contributed by atoms with van der Waals surface area (Å²) in [6, 6.07) is 14.2. The van der Waals surface area contributed by atoms with Gasteiger partial charge in [0.1, 0.15) is 11.5 Å². The van der Waals surface area contributed by atoms with Crippen LogP contribution in [0, 0.1) is 0 Å². The summed E-state index contributed by atoms with van der Waals surface area (Å²) in [4.78, 5) is 15.0. The molecule has 7 heteroatoms. The van der Waals surface area contributed by atoms with Gasteiger partial charge in [0, 0.05) is 18.2 Å². The second-order valence-electron chi connectivity index (χ2n) is 7.21. The highest BCUT2D eigenvalue weighted by atomic mass is 32.2. The minimum atomic E-state index is -3.12. The predicted molar refractivity (Wildman–Crippen MR) is 112 cm³/mol. The molecule has 0 N–H and O–H groups in total. The first-order chi connectivity index (χ1) is 13.9. The number of sulfone groups is 1. The molecule has 0 bridgehead atoms. The van der Waals surface area contributed by atoms with E-state index in [1.165, 1.54) is 0 Å². The van der Waals surface area contributed by atoms with Gasteiger partial charge in [0.15, 0.2) is 9.84 Å². The molecule has 0 spiro atoms. The molecule has 1 unspecified atom stereocenters. The average molecular weight is 418 g/mol. The summed E-state index contributed by atoms with van der Waals surface area (Å²) in [7, 11) is -1.52. The van der Waals surface area contributed by atoms with Crippen molar-refractivity contribution in [3.8, 4) is 11.5 Å². The molecule has 156 valence electrons. The lowest BCUT2D eigenvalue weighted by Gasteiger charge is -2.29. The van der Waals surface area contributed by atoms with Crippen LogP contribution < -0.4 is 9.47 Å². The second kappa shape index (κ2) is 9.31. The number of hydrogen-bond acceptors (Lipinski definition) is 5. The van der Waals surface area contributed by atoms with E-state index in [1.54, 1.807) is 30.2 Å². The minimum absolute atomic E-state index is 0.000913. The SMILES string of the molecule is CCCOc1cccc(C(=O)N(Cc2ccc(OC)cc2)C2CCS(=O)(=O)C2)c1. The van der Waals surface area contributed by atoms with Crippen LogP contribution in [0.3, 0.4) is 0 Å². The van der Waals surface area contributed by atoms with Crippen LogP contribution in [0.1, 0.15) is 35.7 Å². The third kappa shape index (κ3) is 5.50. The molecule has 2 aromatic carbocycles. The van der Waals surface area contributed by atoms with Crippen LogP contribution in [0.15, 0.2) is 48.5 Å². The van der Waals surface area contributed by atoms with E-state index in [2.05, 4.69) is 0 Å². The fourth-order valence-corrected chi connectivity index (χ4v) is 5.15. The van der Waals surface area contributed by atoms with Crippen LogP contribution in [0.25, 0.3) is 0 Å². The van der Waals surface area contributed by atoms with E-state index in [0.717, 1.165) is 17.7 Å². The highest BCUT2D eigenvalue weighted by molar-refractivity contribution is 7.91. The fourth-order valence-electron chi connectivity index (χ4n) is 3.42. The van der Waals surface area contributed by atoms with Crippen molar-refractivity contribution < 1.29 is 22.7 Å². The van der Waals surface area contributed by atoms with Crippen molar-refractivity contribution in [1.29, 1.82) is 0 Å². The maximum atomic E-state index is 13.3. The third-order valence-corrected chi connectivity index (χ3v) is 6.73. The molecule has 1 saturated heterocycles. The van der Waals surface area contributed by atoms with Crippen molar-refractivity contribution in [2.45, 2.75) is 32.4 Å². The number of carbonyl (C=O) groups excluding carboxylic acids is 1. The van der Waals surface area contributed by atoms with Gasteiger partial charge in [-0.15, -0.1) is 0 Å².